The normalized spacial score (nSPS) is 11.9. The predicted octanol–water partition coefficient (Wildman–Crippen LogP) is 3.79. The van der Waals surface area contributed by atoms with E-state index in [4.69, 9.17) is 22.4 Å². The maximum Gasteiger partial charge on any atom is 0.337 e. The molecule has 4 nitrogen and oxygen atoms in total. The molecule has 2 aromatic rings. The molecule has 0 radical (unpaired) electrons. The molecule has 0 bridgehead atoms. The van der Waals surface area contributed by atoms with Gasteiger partial charge in [-0.1, -0.05) is 23.7 Å². The van der Waals surface area contributed by atoms with Crippen LogP contribution in [0.2, 0.25) is 5.02 Å². The van der Waals surface area contributed by atoms with Crippen LogP contribution >= 0.6 is 11.6 Å². The first kappa shape index (κ1) is 14.2. The molecule has 0 amide bonds. The first-order valence-corrected chi connectivity index (χ1v) is 6.50. The smallest absolute Gasteiger partial charge is 0.337 e. The number of nitrogens with one attached hydrogen (secondary N) is 1. The van der Waals surface area contributed by atoms with Crippen LogP contribution in [0.25, 0.3) is 0 Å². The molecule has 104 valence electrons. The number of anilines is 2. The second kappa shape index (κ2) is 5.84. The van der Waals surface area contributed by atoms with Crippen molar-refractivity contribution >= 4 is 28.9 Å². The fourth-order valence-corrected chi connectivity index (χ4v) is 2.06. The molecule has 2 rings (SSSR count). The van der Waals surface area contributed by atoms with E-state index in [1.54, 1.807) is 12.1 Å². The Morgan fingerprint density at radius 1 is 1.25 bits per heavy atom. The van der Waals surface area contributed by atoms with Crippen LogP contribution in [0.4, 0.5) is 11.4 Å². The van der Waals surface area contributed by atoms with E-state index in [9.17, 15) is 4.79 Å². The number of nitrogen functional groups attached to an aromatic ring is 1. The molecule has 0 aliphatic carbocycles. The zero-order valence-electron chi connectivity index (χ0n) is 10.9. The Morgan fingerprint density at radius 3 is 2.45 bits per heavy atom. The Morgan fingerprint density at radius 2 is 1.90 bits per heavy atom. The number of carbonyl (C=O) groups is 1. The van der Waals surface area contributed by atoms with Crippen molar-refractivity contribution in [2.45, 2.75) is 13.0 Å². The van der Waals surface area contributed by atoms with Gasteiger partial charge >= 0.3 is 5.97 Å². The molecule has 0 aliphatic heterocycles. The molecule has 0 aromatic heterocycles. The average Bonchev–Trinajstić information content (AvgIpc) is 2.39. The number of halogens is 1. The van der Waals surface area contributed by atoms with Crippen LogP contribution < -0.4 is 11.1 Å². The minimum Gasteiger partial charge on any atom is -0.478 e. The predicted molar refractivity (Wildman–Crippen MR) is 81.3 cm³/mol. The zero-order chi connectivity index (χ0) is 14.7. The largest absolute Gasteiger partial charge is 0.478 e. The van der Waals surface area contributed by atoms with E-state index in [1.807, 2.05) is 31.2 Å². The molecule has 0 heterocycles. The Balaban J connectivity index is 2.15. The number of hydrogen-bond acceptors (Lipinski definition) is 3. The third-order valence-corrected chi connectivity index (χ3v) is 3.29. The van der Waals surface area contributed by atoms with Gasteiger partial charge in [0.25, 0.3) is 0 Å². The summed E-state index contributed by atoms with van der Waals surface area (Å²) in [6, 6.07) is 12.4. The van der Waals surface area contributed by atoms with Gasteiger partial charge in [-0.3, -0.25) is 0 Å². The lowest BCUT2D eigenvalue weighted by molar-refractivity contribution is 0.0698. The molecule has 1 unspecified atom stereocenters. The number of rotatable bonds is 4. The van der Waals surface area contributed by atoms with Crippen LogP contribution in [-0.4, -0.2) is 11.1 Å². The minimum absolute atomic E-state index is 0.0577. The van der Waals surface area contributed by atoms with Crippen LogP contribution in [0.5, 0.6) is 0 Å². The highest BCUT2D eigenvalue weighted by Crippen LogP contribution is 2.24. The second-order valence-electron chi connectivity index (χ2n) is 4.52. The Labute approximate surface area is 122 Å². The number of benzene rings is 2. The van der Waals surface area contributed by atoms with Gasteiger partial charge in [-0.25, -0.2) is 4.79 Å². The average molecular weight is 291 g/mol. The highest BCUT2D eigenvalue weighted by molar-refractivity contribution is 6.30. The first-order chi connectivity index (χ1) is 9.47. The van der Waals surface area contributed by atoms with E-state index in [2.05, 4.69) is 5.32 Å². The third kappa shape index (κ3) is 3.22. The minimum atomic E-state index is -1.03. The summed E-state index contributed by atoms with van der Waals surface area (Å²) in [5.74, 6) is -1.03. The maximum absolute atomic E-state index is 10.9. The van der Waals surface area contributed by atoms with Crippen molar-refractivity contribution in [3.8, 4) is 0 Å². The van der Waals surface area contributed by atoms with Crippen molar-refractivity contribution in [2.24, 2.45) is 0 Å². The van der Waals surface area contributed by atoms with Gasteiger partial charge in [-0.15, -0.1) is 0 Å². The van der Waals surface area contributed by atoms with Crippen LogP contribution in [0.3, 0.4) is 0 Å². The fourth-order valence-electron chi connectivity index (χ4n) is 1.93. The lowest BCUT2D eigenvalue weighted by atomic mass is 10.1. The third-order valence-electron chi connectivity index (χ3n) is 3.04. The van der Waals surface area contributed by atoms with Crippen molar-refractivity contribution in [1.29, 1.82) is 0 Å². The number of aromatic carboxylic acids is 1. The summed E-state index contributed by atoms with van der Waals surface area (Å²) in [6.07, 6.45) is 0. The SMILES string of the molecule is CC(Nc1ccc(C(=O)O)c(N)c1)c1ccc(Cl)cc1. The monoisotopic (exact) mass is 290 g/mol. The van der Waals surface area contributed by atoms with Gasteiger partial charge in [0, 0.05) is 22.4 Å². The highest BCUT2D eigenvalue weighted by atomic mass is 35.5. The van der Waals surface area contributed by atoms with Crippen molar-refractivity contribution in [1.82, 2.24) is 0 Å². The Bertz CT molecular complexity index is 626. The molecule has 4 N–H and O–H groups in total. The molecule has 20 heavy (non-hydrogen) atoms. The molecule has 0 saturated carbocycles. The van der Waals surface area contributed by atoms with E-state index in [0.717, 1.165) is 11.3 Å². The summed E-state index contributed by atoms with van der Waals surface area (Å²) in [4.78, 5) is 10.9. The van der Waals surface area contributed by atoms with E-state index in [-0.39, 0.29) is 17.3 Å². The molecule has 0 fully saturated rings. The van der Waals surface area contributed by atoms with Crippen molar-refractivity contribution in [3.05, 3.63) is 58.6 Å². The zero-order valence-corrected chi connectivity index (χ0v) is 11.7. The van der Waals surface area contributed by atoms with Gasteiger partial charge in [0.2, 0.25) is 0 Å². The number of carboxylic acid groups (broad SMARTS) is 1. The van der Waals surface area contributed by atoms with Gasteiger partial charge in [-0.2, -0.15) is 0 Å². The first-order valence-electron chi connectivity index (χ1n) is 6.12. The molecule has 5 heteroatoms. The summed E-state index contributed by atoms with van der Waals surface area (Å²) >= 11 is 5.85. The van der Waals surface area contributed by atoms with Gasteiger partial charge in [0.1, 0.15) is 0 Å². The second-order valence-corrected chi connectivity index (χ2v) is 4.96. The molecule has 0 saturated heterocycles. The number of nitrogens with two attached hydrogens (primary N) is 1. The molecule has 0 spiro atoms. The van der Waals surface area contributed by atoms with E-state index in [0.29, 0.717) is 5.02 Å². The topological polar surface area (TPSA) is 75.3 Å². The quantitative estimate of drug-likeness (QED) is 0.749. The number of carboxylic acids is 1. The Hall–Kier alpha value is -2.20. The van der Waals surface area contributed by atoms with E-state index >= 15 is 0 Å². The fraction of sp³-hybridized carbons (Fsp3) is 0.133. The van der Waals surface area contributed by atoms with Gasteiger partial charge in [0.05, 0.1) is 5.56 Å². The summed E-state index contributed by atoms with van der Waals surface area (Å²) in [5.41, 5.74) is 7.92. The van der Waals surface area contributed by atoms with Crippen molar-refractivity contribution in [2.75, 3.05) is 11.1 Å². The molecular formula is C15H15ClN2O2. The standard InChI is InChI=1S/C15H15ClN2O2/c1-9(10-2-4-11(16)5-3-10)18-12-6-7-13(15(19)20)14(17)8-12/h2-9,18H,17H2,1H3,(H,19,20). The molecular weight excluding hydrogens is 276 g/mol. The summed E-state index contributed by atoms with van der Waals surface area (Å²) in [6.45, 7) is 2.00. The van der Waals surface area contributed by atoms with Crippen LogP contribution in [0, 0.1) is 0 Å². The summed E-state index contributed by atoms with van der Waals surface area (Å²) in [5, 5.41) is 12.9. The summed E-state index contributed by atoms with van der Waals surface area (Å²) in [7, 11) is 0. The van der Waals surface area contributed by atoms with Gasteiger partial charge < -0.3 is 16.2 Å². The van der Waals surface area contributed by atoms with Gasteiger partial charge in [0.15, 0.2) is 0 Å². The number of hydrogen-bond donors (Lipinski definition) is 3. The lowest BCUT2D eigenvalue weighted by Crippen LogP contribution is -2.08. The van der Waals surface area contributed by atoms with Crippen molar-refractivity contribution in [3.63, 3.8) is 0 Å². The highest BCUT2D eigenvalue weighted by Gasteiger charge is 2.10. The molecule has 1 atom stereocenters. The lowest BCUT2D eigenvalue weighted by Gasteiger charge is -2.16. The maximum atomic E-state index is 10.9. The summed E-state index contributed by atoms with van der Waals surface area (Å²) < 4.78 is 0. The van der Waals surface area contributed by atoms with Gasteiger partial charge in [-0.05, 0) is 42.8 Å². The van der Waals surface area contributed by atoms with Crippen LogP contribution in [-0.2, 0) is 0 Å². The Kier molecular flexibility index (Phi) is 4.15. The molecule has 2 aromatic carbocycles. The van der Waals surface area contributed by atoms with E-state index in [1.165, 1.54) is 6.07 Å². The van der Waals surface area contributed by atoms with E-state index < -0.39 is 5.97 Å². The van der Waals surface area contributed by atoms with Crippen molar-refractivity contribution < 1.29 is 9.90 Å². The van der Waals surface area contributed by atoms with Crippen LogP contribution in [0.1, 0.15) is 28.9 Å². The van der Waals surface area contributed by atoms with Crippen LogP contribution in [0.15, 0.2) is 42.5 Å². The molecule has 0 aliphatic rings.